The Labute approximate surface area is 166 Å². The van der Waals surface area contributed by atoms with Gasteiger partial charge in [-0.3, -0.25) is 19.5 Å². The van der Waals surface area contributed by atoms with Gasteiger partial charge in [0.2, 0.25) is 5.91 Å². The third kappa shape index (κ3) is 3.20. The minimum Gasteiger partial charge on any atom is -0.309 e. The molecule has 0 bridgehead atoms. The number of aromatic nitrogens is 2. The molecule has 144 valence electrons. The molecule has 0 saturated heterocycles. The summed E-state index contributed by atoms with van der Waals surface area (Å²) in [6.45, 7) is 0. The zero-order chi connectivity index (χ0) is 20.0. The number of amides is 3. The molecule has 3 amide bonds. The number of carbonyl (C=O) groups excluding carboxylic acids is 3. The second-order valence-corrected chi connectivity index (χ2v) is 7.37. The third-order valence-electron chi connectivity index (χ3n) is 5.24. The molecule has 7 heteroatoms. The topological polar surface area (TPSA) is 95.2 Å². The van der Waals surface area contributed by atoms with Gasteiger partial charge in [0, 0.05) is 17.7 Å². The molecule has 0 atom stereocenters. The number of rotatable bonds is 5. The largest absolute Gasteiger partial charge is 0.309 e. The summed E-state index contributed by atoms with van der Waals surface area (Å²) in [5.74, 6) is 0.233. The lowest BCUT2D eigenvalue weighted by Gasteiger charge is -2.14. The van der Waals surface area contributed by atoms with E-state index in [0.29, 0.717) is 28.6 Å². The van der Waals surface area contributed by atoms with Crippen LogP contribution >= 0.6 is 0 Å². The van der Waals surface area contributed by atoms with Crippen LogP contribution in [0.25, 0.3) is 0 Å². The Balaban J connectivity index is 1.26. The summed E-state index contributed by atoms with van der Waals surface area (Å²) in [6.07, 6.45) is 2.50. The van der Waals surface area contributed by atoms with Crippen LogP contribution in [0.5, 0.6) is 0 Å². The van der Waals surface area contributed by atoms with E-state index in [-0.39, 0.29) is 24.1 Å². The summed E-state index contributed by atoms with van der Waals surface area (Å²) >= 11 is 0. The first kappa shape index (κ1) is 17.4. The maximum absolute atomic E-state index is 12.6. The molecule has 0 radical (unpaired) electrons. The fraction of sp³-hybridized carbons (Fsp3) is 0.182. The Morgan fingerprint density at radius 3 is 2.31 bits per heavy atom. The fourth-order valence-corrected chi connectivity index (χ4v) is 3.56. The van der Waals surface area contributed by atoms with E-state index in [0.717, 1.165) is 29.0 Å². The van der Waals surface area contributed by atoms with Gasteiger partial charge in [-0.1, -0.05) is 24.3 Å². The van der Waals surface area contributed by atoms with Crippen LogP contribution in [-0.4, -0.2) is 27.9 Å². The molecule has 2 heterocycles. The first-order chi connectivity index (χ1) is 14.1. The quantitative estimate of drug-likeness (QED) is 0.658. The first-order valence-corrected chi connectivity index (χ1v) is 9.52. The van der Waals surface area contributed by atoms with Crippen LogP contribution in [0.4, 0.5) is 11.5 Å². The second-order valence-electron chi connectivity index (χ2n) is 7.37. The molecule has 5 rings (SSSR count). The van der Waals surface area contributed by atoms with Gasteiger partial charge >= 0.3 is 0 Å². The average Bonchev–Trinajstić information content (AvgIpc) is 3.42. The predicted molar refractivity (Wildman–Crippen MR) is 107 cm³/mol. The van der Waals surface area contributed by atoms with Gasteiger partial charge in [0.1, 0.15) is 0 Å². The Bertz CT molecular complexity index is 1090. The highest BCUT2D eigenvalue weighted by Gasteiger charge is 2.36. The average molecular weight is 386 g/mol. The normalized spacial score (nSPS) is 15.5. The van der Waals surface area contributed by atoms with Gasteiger partial charge in [-0.05, 0) is 42.7 Å². The van der Waals surface area contributed by atoms with E-state index in [1.807, 2.05) is 6.07 Å². The number of anilines is 2. The van der Waals surface area contributed by atoms with Gasteiger partial charge in [0.25, 0.3) is 11.8 Å². The molecule has 1 fully saturated rings. The van der Waals surface area contributed by atoms with Crippen LogP contribution in [0, 0.1) is 0 Å². The number of hydrogen-bond donors (Lipinski definition) is 2. The molecule has 0 spiro atoms. The molecule has 7 nitrogen and oxygen atoms in total. The monoisotopic (exact) mass is 386 g/mol. The van der Waals surface area contributed by atoms with Gasteiger partial charge in [0.15, 0.2) is 5.82 Å². The highest BCUT2D eigenvalue weighted by atomic mass is 16.2. The minimum atomic E-state index is -0.332. The Hall–Kier alpha value is -3.74. The van der Waals surface area contributed by atoms with Gasteiger partial charge < -0.3 is 5.32 Å². The Morgan fingerprint density at radius 2 is 1.69 bits per heavy atom. The van der Waals surface area contributed by atoms with Crippen LogP contribution in [-0.2, 0) is 11.2 Å². The highest BCUT2D eigenvalue weighted by molar-refractivity contribution is 6.34. The number of aromatic amines is 1. The van der Waals surface area contributed by atoms with E-state index in [1.165, 1.54) is 0 Å². The number of H-pyrrole nitrogens is 1. The SMILES string of the molecule is O=C(Cc1ccc(N2C(=O)c3ccccc3C2=O)cc1)Nc1cc(C2CC2)[nH]n1. The maximum atomic E-state index is 12.6. The van der Waals surface area contributed by atoms with Crippen molar-refractivity contribution in [2.24, 2.45) is 0 Å². The molecule has 1 aliphatic carbocycles. The molecule has 2 N–H and O–H groups in total. The number of benzene rings is 2. The van der Waals surface area contributed by atoms with E-state index >= 15 is 0 Å². The summed E-state index contributed by atoms with van der Waals surface area (Å²) in [4.78, 5) is 38.6. The van der Waals surface area contributed by atoms with Crippen molar-refractivity contribution >= 4 is 29.2 Å². The number of nitrogens with zero attached hydrogens (tertiary/aromatic N) is 2. The molecule has 0 unspecified atom stereocenters. The second kappa shape index (κ2) is 6.70. The van der Waals surface area contributed by atoms with Gasteiger partial charge in [0.05, 0.1) is 23.2 Å². The lowest BCUT2D eigenvalue weighted by Crippen LogP contribution is -2.29. The van der Waals surface area contributed by atoms with Gasteiger partial charge in [-0.2, -0.15) is 5.10 Å². The number of nitrogens with one attached hydrogen (secondary N) is 2. The Morgan fingerprint density at radius 1 is 1.03 bits per heavy atom. The fourth-order valence-electron chi connectivity index (χ4n) is 3.56. The van der Waals surface area contributed by atoms with Crippen LogP contribution < -0.4 is 10.2 Å². The van der Waals surface area contributed by atoms with Crippen LogP contribution in [0.3, 0.4) is 0 Å². The molecule has 1 saturated carbocycles. The molecular formula is C22H18N4O3. The van der Waals surface area contributed by atoms with E-state index < -0.39 is 0 Å². The van der Waals surface area contributed by atoms with Gasteiger partial charge in [-0.15, -0.1) is 0 Å². The molecule has 3 aromatic rings. The lowest BCUT2D eigenvalue weighted by molar-refractivity contribution is -0.115. The highest BCUT2D eigenvalue weighted by Crippen LogP contribution is 2.39. The zero-order valence-electron chi connectivity index (χ0n) is 15.5. The Kier molecular flexibility index (Phi) is 4.01. The summed E-state index contributed by atoms with van der Waals surface area (Å²) in [5, 5.41) is 9.87. The molecule has 29 heavy (non-hydrogen) atoms. The number of imide groups is 1. The van der Waals surface area contributed by atoms with Crippen LogP contribution in [0.2, 0.25) is 0 Å². The zero-order valence-corrected chi connectivity index (χ0v) is 15.5. The molecule has 1 aromatic heterocycles. The number of hydrogen-bond acceptors (Lipinski definition) is 4. The van der Waals surface area contributed by atoms with E-state index in [1.54, 1.807) is 48.5 Å². The third-order valence-corrected chi connectivity index (χ3v) is 5.24. The minimum absolute atomic E-state index is 0.174. The standard InChI is InChI=1S/C22H18N4O3/c27-20(23-19-12-18(24-25-19)14-7-8-14)11-13-5-9-15(10-6-13)26-21(28)16-3-1-2-4-17(16)22(26)29/h1-6,9-10,12,14H,7-8,11H2,(H2,23,24,25,27). The van der Waals surface area contributed by atoms with Crippen molar-refractivity contribution in [2.75, 3.05) is 10.2 Å². The van der Waals surface area contributed by atoms with Crippen molar-refractivity contribution < 1.29 is 14.4 Å². The van der Waals surface area contributed by atoms with Crippen LogP contribution in [0.1, 0.15) is 50.7 Å². The van der Waals surface area contributed by atoms with Crippen molar-refractivity contribution in [1.82, 2.24) is 10.2 Å². The lowest BCUT2D eigenvalue weighted by atomic mass is 10.1. The van der Waals surface area contributed by atoms with Crippen molar-refractivity contribution in [3.63, 3.8) is 0 Å². The van der Waals surface area contributed by atoms with E-state index in [2.05, 4.69) is 15.5 Å². The van der Waals surface area contributed by atoms with Crippen molar-refractivity contribution in [3.05, 3.63) is 77.0 Å². The van der Waals surface area contributed by atoms with Crippen molar-refractivity contribution in [3.8, 4) is 0 Å². The van der Waals surface area contributed by atoms with Crippen molar-refractivity contribution in [1.29, 1.82) is 0 Å². The molecule has 2 aliphatic rings. The number of carbonyl (C=O) groups is 3. The molecule has 1 aliphatic heterocycles. The van der Waals surface area contributed by atoms with Crippen LogP contribution in [0.15, 0.2) is 54.6 Å². The smallest absolute Gasteiger partial charge is 0.266 e. The summed E-state index contributed by atoms with van der Waals surface area (Å²) in [6, 6.07) is 15.5. The summed E-state index contributed by atoms with van der Waals surface area (Å²) in [5.41, 5.74) is 3.14. The van der Waals surface area contributed by atoms with Crippen molar-refractivity contribution in [2.45, 2.75) is 25.2 Å². The molecule has 2 aromatic carbocycles. The first-order valence-electron chi connectivity index (χ1n) is 9.52. The van der Waals surface area contributed by atoms with Gasteiger partial charge in [-0.25, -0.2) is 4.90 Å². The van der Waals surface area contributed by atoms with E-state index in [9.17, 15) is 14.4 Å². The van der Waals surface area contributed by atoms with E-state index in [4.69, 9.17) is 0 Å². The molecular weight excluding hydrogens is 368 g/mol. The maximum Gasteiger partial charge on any atom is 0.266 e. The summed E-state index contributed by atoms with van der Waals surface area (Å²) in [7, 11) is 0. The predicted octanol–water partition coefficient (Wildman–Crippen LogP) is 3.27. The number of fused-ring (bicyclic) bond motifs is 1. The summed E-state index contributed by atoms with van der Waals surface area (Å²) < 4.78 is 0.